The Balaban J connectivity index is 3.04. The molecule has 0 amide bonds. The highest BCUT2D eigenvalue weighted by molar-refractivity contribution is 6.28. The smallest absolute Gasteiger partial charge is 0.224 e. The summed E-state index contributed by atoms with van der Waals surface area (Å²) in [6.07, 6.45) is 0. The van der Waals surface area contributed by atoms with Crippen molar-refractivity contribution < 1.29 is 0 Å². The maximum Gasteiger partial charge on any atom is 0.224 e. The number of rotatable bonds is 3. The maximum absolute atomic E-state index is 5.81. The number of hydrogen-bond donors (Lipinski definition) is 0. The minimum Gasteiger partial charge on any atom is -0.354 e. The molecule has 1 aromatic heterocycles. The molecular weight excluding hydrogens is 198 g/mol. The normalized spacial score (nSPS) is 10.7. The van der Waals surface area contributed by atoms with Gasteiger partial charge in [0.15, 0.2) is 0 Å². The molecule has 0 aliphatic heterocycles. The van der Waals surface area contributed by atoms with E-state index < -0.39 is 0 Å². The van der Waals surface area contributed by atoms with Gasteiger partial charge in [0.25, 0.3) is 0 Å². The SMILES string of the molecule is CCN(c1cc(C)nc(Cl)n1)C(C)C. The van der Waals surface area contributed by atoms with E-state index in [-0.39, 0.29) is 0 Å². The average molecular weight is 214 g/mol. The van der Waals surface area contributed by atoms with Gasteiger partial charge in [0.1, 0.15) is 5.82 Å². The Morgan fingerprint density at radius 3 is 2.50 bits per heavy atom. The van der Waals surface area contributed by atoms with Gasteiger partial charge < -0.3 is 4.90 Å². The second kappa shape index (κ2) is 4.60. The molecule has 0 fully saturated rings. The molecule has 0 atom stereocenters. The van der Waals surface area contributed by atoms with Gasteiger partial charge in [-0.25, -0.2) is 9.97 Å². The van der Waals surface area contributed by atoms with E-state index in [4.69, 9.17) is 11.6 Å². The van der Waals surface area contributed by atoms with Crippen LogP contribution in [0.3, 0.4) is 0 Å². The van der Waals surface area contributed by atoms with Crippen LogP contribution in [0, 0.1) is 6.92 Å². The van der Waals surface area contributed by atoms with E-state index >= 15 is 0 Å². The predicted octanol–water partition coefficient (Wildman–Crippen LogP) is 2.67. The maximum atomic E-state index is 5.81. The molecule has 1 aromatic rings. The fraction of sp³-hybridized carbons (Fsp3) is 0.600. The molecule has 0 bridgehead atoms. The Kier molecular flexibility index (Phi) is 3.69. The van der Waals surface area contributed by atoms with Gasteiger partial charge in [-0.3, -0.25) is 0 Å². The zero-order valence-corrected chi connectivity index (χ0v) is 9.84. The standard InChI is InChI=1S/C10H16ClN3/c1-5-14(7(2)3)9-6-8(4)12-10(11)13-9/h6-7H,5H2,1-4H3. The molecule has 78 valence electrons. The molecule has 4 heteroatoms. The van der Waals surface area contributed by atoms with Crippen molar-refractivity contribution in [3.63, 3.8) is 0 Å². The highest BCUT2D eigenvalue weighted by atomic mass is 35.5. The van der Waals surface area contributed by atoms with E-state index in [0.29, 0.717) is 11.3 Å². The number of halogens is 1. The number of anilines is 1. The molecule has 0 aliphatic carbocycles. The number of nitrogens with zero attached hydrogens (tertiary/aromatic N) is 3. The van der Waals surface area contributed by atoms with Crippen LogP contribution in [0.1, 0.15) is 26.5 Å². The molecule has 3 nitrogen and oxygen atoms in total. The summed E-state index contributed by atoms with van der Waals surface area (Å²) in [7, 11) is 0. The molecule has 0 N–H and O–H groups in total. The first kappa shape index (κ1) is 11.2. The van der Waals surface area contributed by atoms with Crippen molar-refractivity contribution in [2.45, 2.75) is 33.7 Å². The van der Waals surface area contributed by atoms with Crippen LogP contribution in [0.2, 0.25) is 5.28 Å². The Bertz CT molecular complexity index is 292. The molecule has 14 heavy (non-hydrogen) atoms. The van der Waals surface area contributed by atoms with E-state index in [1.165, 1.54) is 0 Å². The van der Waals surface area contributed by atoms with Crippen molar-refractivity contribution in [1.82, 2.24) is 9.97 Å². The summed E-state index contributed by atoms with van der Waals surface area (Å²) >= 11 is 5.81. The summed E-state index contributed by atoms with van der Waals surface area (Å²) in [5.41, 5.74) is 0.902. The van der Waals surface area contributed by atoms with Crippen LogP contribution in [0.4, 0.5) is 5.82 Å². The van der Waals surface area contributed by atoms with Crippen LogP contribution in [0.25, 0.3) is 0 Å². The number of aromatic nitrogens is 2. The highest BCUT2D eigenvalue weighted by Gasteiger charge is 2.10. The van der Waals surface area contributed by atoms with E-state index in [2.05, 4.69) is 35.6 Å². The van der Waals surface area contributed by atoms with E-state index in [0.717, 1.165) is 18.1 Å². The molecule has 0 aromatic carbocycles. The van der Waals surface area contributed by atoms with Gasteiger partial charge in [-0.1, -0.05) is 0 Å². The summed E-state index contributed by atoms with van der Waals surface area (Å²) < 4.78 is 0. The molecule has 0 spiro atoms. The average Bonchev–Trinajstić information content (AvgIpc) is 2.02. The minimum absolute atomic E-state index is 0.319. The lowest BCUT2D eigenvalue weighted by molar-refractivity contribution is 0.691. The van der Waals surface area contributed by atoms with Gasteiger partial charge in [-0.05, 0) is 39.3 Å². The fourth-order valence-electron chi connectivity index (χ4n) is 1.46. The van der Waals surface area contributed by atoms with Crippen molar-refractivity contribution in [3.8, 4) is 0 Å². The number of aryl methyl sites for hydroxylation is 1. The summed E-state index contributed by atoms with van der Waals surface area (Å²) in [6.45, 7) is 9.21. The predicted molar refractivity (Wildman–Crippen MR) is 59.9 cm³/mol. The second-order valence-corrected chi connectivity index (χ2v) is 3.85. The second-order valence-electron chi connectivity index (χ2n) is 3.52. The molecule has 1 heterocycles. The van der Waals surface area contributed by atoms with Crippen LogP contribution in [-0.2, 0) is 0 Å². The first-order valence-electron chi connectivity index (χ1n) is 4.82. The van der Waals surface area contributed by atoms with Crippen LogP contribution >= 0.6 is 11.6 Å². The first-order chi connectivity index (χ1) is 6.54. The Hall–Kier alpha value is -0.830. The Morgan fingerprint density at radius 2 is 2.07 bits per heavy atom. The van der Waals surface area contributed by atoms with Crippen LogP contribution in [0.15, 0.2) is 6.07 Å². The third-order valence-electron chi connectivity index (χ3n) is 2.07. The van der Waals surface area contributed by atoms with Crippen molar-refractivity contribution in [2.24, 2.45) is 0 Å². The van der Waals surface area contributed by atoms with Gasteiger partial charge in [0.2, 0.25) is 5.28 Å². The first-order valence-corrected chi connectivity index (χ1v) is 5.20. The zero-order chi connectivity index (χ0) is 10.7. The number of hydrogen-bond acceptors (Lipinski definition) is 3. The van der Waals surface area contributed by atoms with Gasteiger partial charge in [-0.2, -0.15) is 0 Å². The van der Waals surface area contributed by atoms with Gasteiger partial charge in [-0.15, -0.1) is 0 Å². The van der Waals surface area contributed by atoms with Crippen LogP contribution < -0.4 is 4.90 Å². The summed E-state index contributed by atoms with van der Waals surface area (Å²) in [6, 6.07) is 2.38. The lowest BCUT2D eigenvalue weighted by Gasteiger charge is -2.26. The molecule has 1 rings (SSSR count). The van der Waals surface area contributed by atoms with E-state index in [1.807, 2.05) is 13.0 Å². The van der Waals surface area contributed by atoms with Crippen LogP contribution in [0.5, 0.6) is 0 Å². The Labute approximate surface area is 90.1 Å². The van der Waals surface area contributed by atoms with Crippen LogP contribution in [-0.4, -0.2) is 22.6 Å². The van der Waals surface area contributed by atoms with Gasteiger partial charge in [0.05, 0.1) is 0 Å². The van der Waals surface area contributed by atoms with Crippen molar-refractivity contribution in [2.75, 3.05) is 11.4 Å². The van der Waals surface area contributed by atoms with E-state index in [1.54, 1.807) is 0 Å². The third kappa shape index (κ3) is 2.58. The summed E-state index contributed by atoms with van der Waals surface area (Å²) in [4.78, 5) is 10.4. The summed E-state index contributed by atoms with van der Waals surface area (Å²) in [5, 5.41) is 0.319. The zero-order valence-electron chi connectivity index (χ0n) is 9.08. The molecule has 0 aliphatic rings. The Morgan fingerprint density at radius 1 is 1.43 bits per heavy atom. The minimum atomic E-state index is 0.319. The quantitative estimate of drug-likeness (QED) is 0.723. The topological polar surface area (TPSA) is 29.0 Å². The van der Waals surface area contributed by atoms with Crippen molar-refractivity contribution in [1.29, 1.82) is 0 Å². The van der Waals surface area contributed by atoms with E-state index in [9.17, 15) is 0 Å². The fourth-order valence-corrected chi connectivity index (χ4v) is 1.68. The van der Waals surface area contributed by atoms with Crippen molar-refractivity contribution in [3.05, 3.63) is 17.0 Å². The highest BCUT2D eigenvalue weighted by Crippen LogP contribution is 2.16. The monoisotopic (exact) mass is 213 g/mol. The van der Waals surface area contributed by atoms with Gasteiger partial charge in [0, 0.05) is 24.3 Å². The third-order valence-corrected chi connectivity index (χ3v) is 2.24. The molecular formula is C10H16ClN3. The molecule has 0 saturated heterocycles. The van der Waals surface area contributed by atoms with Gasteiger partial charge >= 0.3 is 0 Å². The molecule has 0 radical (unpaired) electrons. The largest absolute Gasteiger partial charge is 0.354 e. The molecule has 0 saturated carbocycles. The molecule has 0 unspecified atom stereocenters. The lowest BCUT2D eigenvalue weighted by atomic mass is 10.3. The summed E-state index contributed by atoms with van der Waals surface area (Å²) in [5.74, 6) is 0.903. The van der Waals surface area contributed by atoms with Crippen molar-refractivity contribution >= 4 is 17.4 Å². The lowest BCUT2D eigenvalue weighted by Crippen LogP contribution is -2.31.